The van der Waals surface area contributed by atoms with Crippen LogP contribution in [0.3, 0.4) is 0 Å². The third-order valence-corrected chi connectivity index (χ3v) is 4.43. The van der Waals surface area contributed by atoms with Crippen LogP contribution in [0.15, 0.2) is 24.3 Å². The van der Waals surface area contributed by atoms with Crippen LogP contribution in [0.4, 0.5) is 5.82 Å². The molecule has 1 saturated carbocycles. The highest BCUT2D eigenvalue weighted by Gasteiger charge is 2.37. The average Bonchev–Trinajstić information content (AvgIpc) is 2.44. The van der Waals surface area contributed by atoms with Gasteiger partial charge in [0.1, 0.15) is 0 Å². The van der Waals surface area contributed by atoms with Crippen molar-refractivity contribution in [2.24, 2.45) is 11.1 Å². The van der Waals surface area contributed by atoms with Crippen molar-refractivity contribution in [3.63, 3.8) is 0 Å². The molecule has 0 bridgehead atoms. The molecule has 5 nitrogen and oxygen atoms in total. The zero-order valence-corrected chi connectivity index (χ0v) is 12.4. The Morgan fingerprint density at radius 2 is 1.95 bits per heavy atom. The van der Waals surface area contributed by atoms with Gasteiger partial charge in [0.2, 0.25) is 5.91 Å². The number of carbonyl (C=O) groups is 1. The number of amides is 1. The molecular weight excluding hydrogens is 288 g/mol. The molecule has 0 unspecified atom stereocenters. The second-order valence-corrected chi connectivity index (χ2v) is 5.99. The number of carbonyl (C=O) groups excluding carboxylic acids is 1. The van der Waals surface area contributed by atoms with E-state index in [0.717, 1.165) is 19.3 Å². The lowest BCUT2D eigenvalue weighted by Gasteiger charge is -2.40. The highest BCUT2D eigenvalue weighted by Crippen LogP contribution is 2.43. The zero-order chi connectivity index (χ0) is 14.9. The fourth-order valence-corrected chi connectivity index (χ4v) is 2.89. The number of para-hydroxylation sites is 2. The first-order valence-electron chi connectivity index (χ1n) is 7.04. The number of benzene rings is 1. The first-order valence-corrected chi connectivity index (χ1v) is 7.42. The molecule has 0 spiro atoms. The van der Waals surface area contributed by atoms with E-state index in [9.17, 15) is 4.79 Å². The van der Waals surface area contributed by atoms with Crippen molar-refractivity contribution < 1.29 is 4.79 Å². The predicted octanol–water partition coefficient (Wildman–Crippen LogP) is 2.74. The van der Waals surface area contributed by atoms with Crippen LogP contribution in [-0.4, -0.2) is 22.4 Å². The van der Waals surface area contributed by atoms with E-state index in [-0.39, 0.29) is 16.5 Å². The zero-order valence-electron chi connectivity index (χ0n) is 11.6. The number of hydrogen-bond acceptors (Lipinski definition) is 4. The Morgan fingerprint density at radius 1 is 1.29 bits per heavy atom. The Labute approximate surface area is 127 Å². The molecule has 1 fully saturated rings. The fourth-order valence-electron chi connectivity index (χ4n) is 2.70. The summed E-state index contributed by atoms with van der Waals surface area (Å²) in [5.74, 6) is 0.207. The van der Waals surface area contributed by atoms with E-state index >= 15 is 0 Å². The van der Waals surface area contributed by atoms with E-state index in [2.05, 4.69) is 15.3 Å². The average molecular weight is 305 g/mol. The van der Waals surface area contributed by atoms with E-state index < -0.39 is 0 Å². The van der Waals surface area contributed by atoms with Crippen LogP contribution in [0.25, 0.3) is 11.0 Å². The molecule has 0 atom stereocenters. The highest BCUT2D eigenvalue weighted by molar-refractivity contribution is 6.32. The van der Waals surface area contributed by atoms with Gasteiger partial charge in [0.05, 0.1) is 11.0 Å². The molecule has 3 N–H and O–H groups in total. The van der Waals surface area contributed by atoms with Gasteiger partial charge in [-0.2, -0.15) is 0 Å². The number of nitrogens with one attached hydrogen (secondary N) is 1. The number of aromatic nitrogens is 2. The number of rotatable bonds is 4. The third-order valence-electron chi connectivity index (χ3n) is 4.17. The third kappa shape index (κ3) is 2.84. The lowest BCUT2D eigenvalue weighted by molar-refractivity contribution is -0.119. The topological polar surface area (TPSA) is 80.9 Å². The molecule has 1 aromatic carbocycles. The molecular formula is C15H17ClN4O. The SMILES string of the molecule is NCC1(CC(=O)Nc2nc3ccccc3nc2Cl)CCC1. The monoisotopic (exact) mass is 304 g/mol. The van der Waals surface area contributed by atoms with Gasteiger partial charge >= 0.3 is 0 Å². The molecule has 6 heteroatoms. The van der Waals surface area contributed by atoms with Crippen LogP contribution >= 0.6 is 11.6 Å². The van der Waals surface area contributed by atoms with Crippen molar-refractivity contribution in [3.05, 3.63) is 29.4 Å². The second-order valence-electron chi connectivity index (χ2n) is 5.63. The van der Waals surface area contributed by atoms with Gasteiger partial charge in [-0.05, 0) is 36.9 Å². The normalized spacial score (nSPS) is 16.5. The smallest absolute Gasteiger partial charge is 0.226 e. The molecule has 1 amide bonds. The lowest BCUT2D eigenvalue weighted by atomic mass is 9.66. The first kappa shape index (κ1) is 14.2. The van der Waals surface area contributed by atoms with Crippen LogP contribution in [0.2, 0.25) is 5.15 Å². The first-order chi connectivity index (χ1) is 10.1. The van der Waals surface area contributed by atoms with E-state index in [0.29, 0.717) is 29.8 Å². The van der Waals surface area contributed by atoms with Crippen LogP contribution in [0.5, 0.6) is 0 Å². The molecule has 21 heavy (non-hydrogen) atoms. The molecule has 1 aliphatic carbocycles. The van der Waals surface area contributed by atoms with Gasteiger partial charge in [0.15, 0.2) is 11.0 Å². The molecule has 3 rings (SSSR count). The van der Waals surface area contributed by atoms with Crippen molar-refractivity contribution in [1.29, 1.82) is 0 Å². The fraction of sp³-hybridized carbons (Fsp3) is 0.400. The summed E-state index contributed by atoms with van der Waals surface area (Å²) in [6.45, 7) is 0.539. The van der Waals surface area contributed by atoms with Gasteiger partial charge in [-0.15, -0.1) is 0 Å². The summed E-state index contributed by atoms with van der Waals surface area (Å²) in [7, 11) is 0. The molecule has 1 heterocycles. The number of hydrogen-bond donors (Lipinski definition) is 2. The van der Waals surface area contributed by atoms with Gasteiger partial charge < -0.3 is 11.1 Å². The highest BCUT2D eigenvalue weighted by atomic mass is 35.5. The van der Waals surface area contributed by atoms with Gasteiger partial charge in [0, 0.05) is 6.42 Å². The number of anilines is 1. The van der Waals surface area contributed by atoms with Crippen molar-refractivity contribution in [1.82, 2.24) is 9.97 Å². The minimum Gasteiger partial charge on any atom is -0.330 e. The summed E-state index contributed by atoms with van der Waals surface area (Å²) in [5, 5.41) is 2.97. The summed E-state index contributed by atoms with van der Waals surface area (Å²) in [4.78, 5) is 20.8. The van der Waals surface area contributed by atoms with Crippen molar-refractivity contribution in [2.75, 3.05) is 11.9 Å². The largest absolute Gasteiger partial charge is 0.330 e. The summed E-state index contributed by atoms with van der Waals surface area (Å²) in [6.07, 6.45) is 3.57. The van der Waals surface area contributed by atoms with Gasteiger partial charge in [-0.1, -0.05) is 30.2 Å². The minimum atomic E-state index is -0.105. The molecule has 2 aromatic rings. The van der Waals surface area contributed by atoms with Crippen LogP contribution in [0.1, 0.15) is 25.7 Å². The maximum absolute atomic E-state index is 12.2. The number of nitrogens with two attached hydrogens (primary N) is 1. The van der Waals surface area contributed by atoms with Gasteiger partial charge in [-0.25, -0.2) is 9.97 Å². The molecule has 1 aromatic heterocycles. The van der Waals surface area contributed by atoms with Crippen LogP contribution in [0, 0.1) is 5.41 Å². The summed E-state index contributed by atoms with van der Waals surface area (Å²) >= 11 is 6.09. The van der Waals surface area contributed by atoms with Gasteiger partial charge in [-0.3, -0.25) is 4.79 Å². The number of nitrogens with zero attached hydrogens (tertiary/aromatic N) is 2. The van der Waals surface area contributed by atoms with E-state index in [1.807, 2.05) is 24.3 Å². The minimum absolute atomic E-state index is 0.0408. The summed E-state index contributed by atoms with van der Waals surface area (Å²) in [6, 6.07) is 7.40. The van der Waals surface area contributed by atoms with E-state index in [4.69, 9.17) is 17.3 Å². The standard InChI is InChI=1S/C15H17ClN4O/c16-13-14(19-11-5-2-1-4-10(11)18-13)20-12(21)8-15(9-17)6-3-7-15/h1-2,4-5H,3,6-9,17H2,(H,19,20,21). The van der Waals surface area contributed by atoms with Gasteiger partial charge in [0.25, 0.3) is 0 Å². The predicted molar refractivity (Wildman–Crippen MR) is 83.1 cm³/mol. The van der Waals surface area contributed by atoms with Crippen molar-refractivity contribution in [2.45, 2.75) is 25.7 Å². The maximum Gasteiger partial charge on any atom is 0.226 e. The Morgan fingerprint density at radius 3 is 2.52 bits per heavy atom. The summed E-state index contributed by atoms with van der Waals surface area (Å²) in [5.41, 5.74) is 7.15. The second kappa shape index (κ2) is 5.58. The quantitative estimate of drug-likeness (QED) is 0.910. The van der Waals surface area contributed by atoms with E-state index in [1.54, 1.807) is 0 Å². The maximum atomic E-state index is 12.2. The molecule has 0 aliphatic heterocycles. The summed E-state index contributed by atoms with van der Waals surface area (Å²) < 4.78 is 0. The Balaban J connectivity index is 1.78. The van der Waals surface area contributed by atoms with Crippen LogP contribution in [-0.2, 0) is 4.79 Å². The van der Waals surface area contributed by atoms with E-state index in [1.165, 1.54) is 0 Å². The van der Waals surface area contributed by atoms with Crippen LogP contribution < -0.4 is 11.1 Å². The Hall–Kier alpha value is -1.72. The molecule has 0 radical (unpaired) electrons. The Bertz CT molecular complexity index is 679. The lowest BCUT2D eigenvalue weighted by Crippen LogP contribution is -2.40. The molecule has 0 saturated heterocycles. The number of halogens is 1. The van der Waals surface area contributed by atoms with Crippen molar-refractivity contribution >= 4 is 34.4 Å². The number of fused-ring (bicyclic) bond motifs is 1. The molecule has 110 valence electrons. The molecule has 1 aliphatic rings. The Kier molecular flexibility index (Phi) is 3.78. The van der Waals surface area contributed by atoms with Crippen molar-refractivity contribution in [3.8, 4) is 0 Å².